The Balaban J connectivity index is 1.98. The summed E-state index contributed by atoms with van der Waals surface area (Å²) in [6.07, 6.45) is 0. The SMILES string of the molecule is CC1CNCCN1Cc1ccc(O)cc1. The van der Waals surface area contributed by atoms with Crippen molar-refractivity contribution >= 4 is 0 Å². The monoisotopic (exact) mass is 206 g/mol. The highest BCUT2D eigenvalue weighted by Gasteiger charge is 2.17. The molecule has 1 atom stereocenters. The average Bonchev–Trinajstić information content (AvgIpc) is 2.25. The van der Waals surface area contributed by atoms with E-state index in [4.69, 9.17) is 0 Å². The van der Waals surface area contributed by atoms with Crippen molar-refractivity contribution in [2.24, 2.45) is 0 Å². The summed E-state index contributed by atoms with van der Waals surface area (Å²) in [4.78, 5) is 2.46. The van der Waals surface area contributed by atoms with E-state index >= 15 is 0 Å². The lowest BCUT2D eigenvalue weighted by Gasteiger charge is -2.33. The average molecular weight is 206 g/mol. The van der Waals surface area contributed by atoms with Crippen molar-refractivity contribution in [1.29, 1.82) is 0 Å². The number of nitrogens with zero attached hydrogens (tertiary/aromatic N) is 1. The fourth-order valence-corrected chi connectivity index (χ4v) is 1.95. The van der Waals surface area contributed by atoms with Crippen LogP contribution in [0.3, 0.4) is 0 Å². The van der Waals surface area contributed by atoms with Gasteiger partial charge in [-0.1, -0.05) is 12.1 Å². The minimum atomic E-state index is 0.340. The summed E-state index contributed by atoms with van der Waals surface area (Å²) < 4.78 is 0. The number of benzene rings is 1. The van der Waals surface area contributed by atoms with Crippen LogP contribution in [0, 0.1) is 0 Å². The molecule has 1 aromatic rings. The molecule has 1 fully saturated rings. The van der Waals surface area contributed by atoms with Gasteiger partial charge < -0.3 is 10.4 Å². The van der Waals surface area contributed by atoms with Crippen LogP contribution in [0.4, 0.5) is 0 Å². The summed E-state index contributed by atoms with van der Waals surface area (Å²) in [6.45, 7) is 6.46. The van der Waals surface area contributed by atoms with Crippen LogP contribution in [-0.2, 0) is 6.54 Å². The van der Waals surface area contributed by atoms with E-state index in [1.165, 1.54) is 5.56 Å². The Kier molecular flexibility index (Phi) is 3.23. The van der Waals surface area contributed by atoms with Crippen molar-refractivity contribution < 1.29 is 5.11 Å². The fourth-order valence-electron chi connectivity index (χ4n) is 1.95. The third-order valence-electron chi connectivity index (χ3n) is 2.96. The number of hydrogen-bond donors (Lipinski definition) is 2. The van der Waals surface area contributed by atoms with Crippen LogP contribution in [0.5, 0.6) is 5.75 Å². The van der Waals surface area contributed by atoms with Crippen LogP contribution in [0.2, 0.25) is 0 Å². The molecule has 0 bridgehead atoms. The molecule has 3 heteroatoms. The lowest BCUT2D eigenvalue weighted by Crippen LogP contribution is -2.49. The number of phenols is 1. The zero-order chi connectivity index (χ0) is 10.7. The molecule has 15 heavy (non-hydrogen) atoms. The topological polar surface area (TPSA) is 35.5 Å². The maximum atomic E-state index is 9.19. The van der Waals surface area contributed by atoms with Crippen LogP contribution in [0.1, 0.15) is 12.5 Å². The van der Waals surface area contributed by atoms with Crippen LogP contribution in [0.15, 0.2) is 24.3 Å². The van der Waals surface area contributed by atoms with E-state index in [0.29, 0.717) is 11.8 Å². The minimum absolute atomic E-state index is 0.340. The van der Waals surface area contributed by atoms with Gasteiger partial charge in [-0.05, 0) is 24.6 Å². The van der Waals surface area contributed by atoms with Gasteiger partial charge in [0.05, 0.1) is 0 Å². The van der Waals surface area contributed by atoms with Crippen LogP contribution in [-0.4, -0.2) is 35.7 Å². The first kappa shape index (κ1) is 10.5. The van der Waals surface area contributed by atoms with E-state index in [1.807, 2.05) is 12.1 Å². The van der Waals surface area contributed by atoms with Gasteiger partial charge in [-0.25, -0.2) is 0 Å². The molecule has 3 nitrogen and oxygen atoms in total. The molecular weight excluding hydrogens is 188 g/mol. The highest BCUT2D eigenvalue weighted by Crippen LogP contribution is 2.13. The molecule has 1 unspecified atom stereocenters. The molecule has 0 saturated carbocycles. The van der Waals surface area contributed by atoms with Crippen molar-refractivity contribution in [2.75, 3.05) is 19.6 Å². The summed E-state index contributed by atoms with van der Waals surface area (Å²) in [6, 6.07) is 8.08. The molecule has 1 aliphatic rings. The Morgan fingerprint density at radius 1 is 1.40 bits per heavy atom. The maximum Gasteiger partial charge on any atom is 0.115 e. The molecule has 2 N–H and O–H groups in total. The lowest BCUT2D eigenvalue weighted by atomic mass is 10.1. The zero-order valence-electron chi connectivity index (χ0n) is 9.11. The van der Waals surface area contributed by atoms with Crippen LogP contribution in [0.25, 0.3) is 0 Å². The van der Waals surface area contributed by atoms with Gasteiger partial charge in [-0.2, -0.15) is 0 Å². The minimum Gasteiger partial charge on any atom is -0.508 e. The molecule has 1 aromatic carbocycles. The fraction of sp³-hybridized carbons (Fsp3) is 0.500. The van der Waals surface area contributed by atoms with Gasteiger partial charge in [0.15, 0.2) is 0 Å². The number of phenolic OH excluding ortho intramolecular Hbond substituents is 1. The van der Waals surface area contributed by atoms with Gasteiger partial charge in [-0.3, -0.25) is 4.90 Å². The van der Waals surface area contributed by atoms with Gasteiger partial charge in [-0.15, -0.1) is 0 Å². The van der Waals surface area contributed by atoms with E-state index in [9.17, 15) is 5.11 Å². The largest absolute Gasteiger partial charge is 0.508 e. The third kappa shape index (κ3) is 2.70. The summed E-state index contributed by atoms with van der Waals surface area (Å²) in [7, 11) is 0. The maximum absolute atomic E-state index is 9.19. The second-order valence-corrected chi connectivity index (χ2v) is 4.19. The lowest BCUT2D eigenvalue weighted by molar-refractivity contribution is 0.165. The Morgan fingerprint density at radius 2 is 2.13 bits per heavy atom. The summed E-state index contributed by atoms with van der Waals surface area (Å²) in [5.41, 5.74) is 1.27. The molecule has 0 spiro atoms. The number of aromatic hydroxyl groups is 1. The molecule has 1 saturated heterocycles. The Morgan fingerprint density at radius 3 is 2.80 bits per heavy atom. The molecular formula is C12H18N2O. The van der Waals surface area contributed by atoms with E-state index in [-0.39, 0.29) is 0 Å². The normalized spacial score (nSPS) is 22.9. The second-order valence-electron chi connectivity index (χ2n) is 4.19. The molecule has 1 aliphatic heterocycles. The Labute approximate surface area is 90.7 Å². The van der Waals surface area contributed by atoms with Crippen LogP contribution >= 0.6 is 0 Å². The number of nitrogens with one attached hydrogen (secondary N) is 1. The van der Waals surface area contributed by atoms with Crippen molar-refractivity contribution in [3.8, 4) is 5.75 Å². The first-order chi connectivity index (χ1) is 7.25. The highest BCUT2D eigenvalue weighted by molar-refractivity contribution is 5.25. The molecule has 0 amide bonds. The second kappa shape index (κ2) is 4.64. The summed E-state index contributed by atoms with van der Waals surface area (Å²) in [5.74, 6) is 0.340. The Bertz CT molecular complexity index is 310. The van der Waals surface area contributed by atoms with E-state index < -0.39 is 0 Å². The van der Waals surface area contributed by atoms with Crippen molar-refractivity contribution in [2.45, 2.75) is 19.5 Å². The zero-order valence-corrected chi connectivity index (χ0v) is 9.11. The molecule has 2 rings (SSSR count). The first-order valence-corrected chi connectivity index (χ1v) is 5.48. The standard InChI is InChI=1S/C12H18N2O/c1-10-8-13-6-7-14(10)9-11-2-4-12(15)5-3-11/h2-5,10,13,15H,6-9H2,1H3. The summed E-state index contributed by atoms with van der Waals surface area (Å²) >= 11 is 0. The van der Waals surface area contributed by atoms with Crippen molar-refractivity contribution in [1.82, 2.24) is 10.2 Å². The van der Waals surface area contributed by atoms with Gasteiger partial charge in [0, 0.05) is 32.2 Å². The van der Waals surface area contributed by atoms with E-state index in [1.54, 1.807) is 12.1 Å². The molecule has 0 radical (unpaired) electrons. The van der Waals surface area contributed by atoms with Crippen molar-refractivity contribution in [3.63, 3.8) is 0 Å². The van der Waals surface area contributed by atoms with Gasteiger partial charge in [0.25, 0.3) is 0 Å². The number of rotatable bonds is 2. The number of hydrogen-bond acceptors (Lipinski definition) is 3. The molecule has 0 aromatic heterocycles. The quantitative estimate of drug-likeness (QED) is 0.763. The van der Waals surface area contributed by atoms with Gasteiger partial charge >= 0.3 is 0 Å². The third-order valence-corrected chi connectivity index (χ3v) is 2.96. The molecule has 82 valence electrons. The number of piperazine rings is 1. The van der Waals surface area contributed by atoms with Gasteiger partial charge in [0.1, 0.15) is 5.75 Å². The van der Waals surface area contributed by atoms with Crippen molar-refractivity contribution in [3.05, 3.63) is 29.8 Å². The van der Waals surface area contributed by atoms with Gasteiger partial charge in [0.2, 0.25) is 0 Å². The highest BCUT2D eigenvalue weighted by atomic mass is 16.3. The van der Waals surface area contributed by atoms with E-state index in [2.05, 4.69) is 17.1 Å². The predicted molar refractivity (Wildman–Crippen MR) is 60.8 cm³/mol. The van der Waals surface area contributed by atoms with Crippen LogP contribution < -0.4 is 5.32 Å². The smallest absolute Gasteiger partial charge is 0.115 e. The Hall–Kier alpha value is -1.06. The molecule has 0 aliphatic carbocycles. The summed E-state index contributed by atoms with van der Waals surface area (Å²) in [5, 5.41) is 12.6. The first-order valence-electron chi connectivity index (χ1n) is 5.48. The van der Waals surface area contributed by atoms with E-state index in [0.717, 1.165) is 26.2 Å². The predicted octanol–water partition coefficient (Wildman–Crippen LogP) is 1.19. The molecule has 1 heterocycles.